The first-order valence-corrected chi connectivity index (χ1v) is 18.3. The van der Waals surface area contributed by atoms with Gasteiger partial charge in [0, 0.05) is 38.0 Å². The predicted octanol–water partition coefficient (Wildman–Crippen LogP) is 13.7. The number of benzene rings is 8. The Morgan fingerprint density at radius 3 is 1.42 bits per heavy atom. The molecule has 0 unspecified atom stereocenters. The minimum Gasteiger partial charge on any atom is -0.310 e. The lowest BCUT2D eigenvalue weighted by molar-refractivity contribution is 1.16. The molecule has 5 heteroatoms. The van der Waals surface area contributed by atoms with Crippen molar-refractivity contribution in [1.29, 1.82) is 0 Å². The number of hydrogen-bond donors (Lipinski definition) is 0. The van der Waals surface area contributed by atoms with Crippen molar-refractivity contribution in [3.63, 3.8) is 0 Å². The highest BCUT2D eigenvalue weighted by Crippen LogP contribution is 2.45. The molecule has 0 radical (unpaired) electrons. The molecule has 8 aromatic carbocycles. The second-order valence-electron chi connectivity index (χ2n) is 13.9. The number of fused-ring (bicyclic) bond motifs is 9. The average Bonchev–Trinajstić information content (AvgIpc) is 3.89. The molecule has 0 saturated heterocycles. The van der Waals surface area contributed by atoms with Crippen molar-refractivity contribution in [2.24, 2.45) is 0 Å². The van der Waals surface area contributed by atoms with E-state index in [1.54, 1.807) is 0 Å². The van der Waals surface area contributed by atoms with Crippen molar-refractivity contribution in [3.05, 3.63) is 199 Å². The summed E-state index contributed by atoms with van der Waals surface area (Å²) in [5.41, 5.74) is 12.7. The Morgan fingerprint density at radius 2 is 0.782 bits per heavy atom. The largest absolute Gasteiger partial charge is 0.310 e. The van der Waals surface area contributed by atoms with Gasteiger partial charge in [0.15, 0.2) is 11.4 Å². The summed E-state index contributed by atoms with van der Waals surface area (Å²) >= 11 is 0. The summed E-state index contributed by atoms with van der Waals surface area (Å²) in [5.74, 6) is 0. The zero-order valence-corrected chi connectivity index (χ0v) is 29.5. The van der Waals surface area contributed by atoms with Gasteiger partial charge in [-0.15, -0.1) is 0 Å². The van der Waals surface area contributed by atoms with E-state index in [0.717, 1.165) is 82.8 Å². The lowest BCUT2D eigenvalue weighted by Crippen LogP contribution is -2.01. The molecule has 0 bridgehead atoms. The standard InChI is InChI=1S/C50H29N5/c1-51-32-29-30-45(38(31-32)35-17-5-10-23-42(35)54-43-24-11-6-18-36(43)49-39(52-2)20-13-26-46(49)54)55-44-25-12-7-19-37(44)50-47(27-14-28-48(50)55)53-40-21-8-3-15-33(40)34-16-4-9-22-41(34)53/h3-31H. The van der Waals surface area contributed by atoms with Crippen LogP contribution in [-0.2, 0) is 0 Å². The second-order valence-corrected chi connectivity index (χ2v) is 13.9. The van der Waals surface area contributed by atoms with Crippen LogP contribution in [-0.4, -0.2) is 13.7 Å². The van der Waals surface area contributed by atoms with Gasteiger partial charge >= 0.3 is 0 Å². The van der Waals surface area contributed by atoms with Crippen molar-refractivity contribution in [2.45, 2.75) is 0 Å². The summed E-state index contributed by atoms with van der Waals surface area (Å²) in [6.07, 6.45) is 0. The van der Waals surface area contributed by atoms with Crippen molar-refractivity contribution in [2.75, 3.05) is 0 Å². The zero-order chi connectivity index (χ0) is 36.6. The molecule has 0 aliphatic rings. The third kappa shape index (κ3) is 4.33. The fraction of sp³-hybridized carbons (Fsp3) is 0. The average molecular weight is 700 g/mol. The van der Waals surface area contributed by atoms with Crippen LogP contribution >= 0.6 is 0 Å². The number of para-hydroxylation sites is 5. The summed E-state index contributed by atoms with van der Waals surface area (Å²) in [6, 6.07) is 61.3. The number of nitrogens with zero attached hydrogens (tertiary/aromatic N) is 5. The smallest absolute Gasteiger partial charge is 0.197 e. The highest BCUT2D eigenvalue weighted by Gasteiger charge is 2.23. The molecule has 11 rings (SSSR count). The van der Waals surface area contributed by atoms with Gasteiger partial charge in [0.25, 0.3) is 0 Å². The first-order valence-electron chi connectivity index (χ1n) is 18.3. The quantitative estimate of drug-likeness (QED) is 0.163. The Labute approximate surface area is 316 Å². The van der Waals surface area contributed by atoms with E-state index in [-0.39, 0.29) is 0 Å². The van der Waals surface area contributed by atoms with Crippen LogP contribution in [0.25, 0.3) is 103 Å². The molecule has 5 nitrogen and oxygen atoms in total. The van der Waals surface area contributed by atoms with E-state index in [9.17, 15) is 0 Å². The fourth-order valence-corrected chi connectivity index (χ4v) is 8.88. The highest BCUT2D eigenvalue weighted by molar-refractivity contribution is 6.18. The summed E-state index contributed by atoms with van der Waals surface area (Å²) < 4.78 is 7.04. The van der Waals surface area contributed by atoms with Crippen LogP contribution in [0.2, 0.25) is 0 Å². The second kappa shape index (κ2) is 11.8. The van der Waals surface area contributed by atoms with Gasteiger partial charge in [-0.05, 0) is 71.6 Å². The minimum absolute atomic E-state index is 0.567. The molecule has 55 heavy (non-hydrogen) atoms. The van der Waals surface area contributed by atoms with Gasteiger partial charge in [0.05, 0.1) is 57.8 Å². The Hall–Kier alpha value is -7.86. The van der Waals surface area contributed by atoms with Gasteiger partial charge in [-0.3, -0.25) is 0 Å². The predicted molar refractivity (Wildman–Crippen MR) is 227 cm³/mol. The zero-order valence-electron chi connectivity index (χ0n) is 29.5. The maximum atomic E-state index is 8.09. The number of hydrogen-bond acceptors (Lipinski definition) is 0. The van der Waals surface area contributed by atoms with Crippen LogP contribution in [0.15, 0.2) is 176 Å². The SMILES string of the molecule is [C-]#[N+]c1ccc(-n2c3ccccc3c3c(-n4c5ccccc5c5ccccc54)cccc32)c(-c2ccccc2-n2c3ccccc3c3c([N+]#[C-])cccc32)c1. The molecule has 254 valence electrons. The maximum absolute atomic E-state index is 8.09. The lowest BCUT2D eigenvalue weighted by Gasteiger charge is -2.19. The molecule has 0 aliphatic carbocycles. The van der Waals surface area contributed by atoms with Crippen molar-refractivity contribution in [1.82, 2.24) is 13.7 Å². The van der Waals surface area contributed by atoms with Crippen molar-refractivity contribution in [3.8, 4) is 28.2 Å². The van der Waals surface area contributed by atoms with Crippen molar-refractivity contribution < 1.29 is 0 Å². The van der Waals surface area contributed by atoms with Gasteiger partial charge in [-0.2, -0.15) is 0 Å². The lowest BCUT2D eigenvalue weighted by atomic mass is 10.00. The Balaban J connectivity index is 1.24. The van der Waals surface area contributed by atoms with Crippen LogP contribution in [0, 0.1) is 13.1 Å². The van der Waals surface area contributed by atoms with E-state index in [1.165, 1.54) is 10.8 Å². The van der Waals surface area contributed by atoms with Crippen LogP contribution in [0.1, 0.15) is 0 Å². The first-order chi connectivity index (χ1) is 27.2. The fourth-order valence-electron chi connectivity index (χ4n) is 8.88. The molecule has 3 aromatic heterocycles. The molecular weight excluding hydrogens is 671 g/mol. The Kier molecular flexibility index (Phi) is 6.61. The van der Waals surface area contributed by atoms with E-state index in [2.05, 4.69) is 169 Å². The summed E-state index contributed by atoms with van der Waals surface area (Å²) in [5, 5.41) is 6.74. The molecular formula is C50H29N5. The highest BCUT2D eigenvalue weighted by atomic mass is 15.0. The summed E-state index contributed by atoms with van der Waals surface area (Å²) in [7, 11) is 0. The third-order valence-corrected chi connectivity index (χ3v) is 11.1. The molecule has 0 saturated carbocycles. The maximum Gasteiger partial charge on any atom is 0.197 e. The van der Waals surface area contributed by atoms with Gasteiger partial charge < -0.3 is 13.7 Å². The van der Waals surface area contributed by atoms with Crippen LogP contribution < -0.4 is 0 Å². The molecule has 0 N–H and O–H groups in total. The van der Waals surface area contributed by atoms with Crippen LogP contribution in [0.3, 0.4) is 0 Å². The molecule has 0 amide bonds. The van der Waals surface area contributed by atoms with Crippen molar-refractivity contribution >= 4 is 76.8 Å². The first kappa shape index (κ1) is 30.7. The van der Waals surface area contributed by atoms with E-state index in [4.69, 9.17) is 13.1 Å². The Morgan fingerprint density at radius 1 is 0.327 bits per heavy atom. The molecule has 3 heterocycles. The van der Waals surface area contributed by atoms with Gasteiger partial charge in [0.2, 0.25) is 0 Å². The molecule has 0 spiro atoms. The van der Waals surface area contributed by atoms with E-state index in [0.29, 0.717) is 11.4 Å². The topological polar surface area (TPSA) is 23.5 Å². The molecule has 0 fully saturated rings. The normalized spacial score (nSPS) is 11.6. The molecule has 0 atom stereocenters. The summed E-state index contributed by atoms with van der Waals surface area (Å²) in [4.78, 5) is 7.84. The minimum atomic E-state index is 0.567. The van der Waals surface area contributed by atoms with Crippen LogP contribution in [0.4, 0.5) is 11.4 Å². The van der Waals surface area contributed by atoms with Gasteiger partial charge in [0.1, 0.15) is 0 Å². The van der Waals surface area contributed by atoms with Gasteiger partial charge in [-0.25, -0.2) is 9.69 Å². The van der Waals surface area contributed by atoms with E-state index >= 15 is 0 Å². The van der Waals surface area contributed by atoms with Gasteiger partial charge in [-0.1, -0.05) is 115 Å². The molecule has 11 aromatic rings. The number of rotatable bonds is 4. The molecule has 0 aliphatic heterocycles. The number of aromatic nitrogens is 3. The van der Waals surface area contributed by atoms with Crippen LogP contribution in [0.5, 0.6) is 0 Å². The Bertz CT molecular complexity index is 3420. The monoisotopic (exact) mass is 699 g/mol. The summed E-state index contributed by atoms with van der Waals surface area (Å²) in [6.45, 7) is 16.1. The third-order valence-electron chi connectivity index (χ3n) is 11.1. The van der Waals surface area contributed by atoms with E-state index < -0.39 is 0 Å². The van der Waals surface area contributed by atoms with E-state index in [1.807, 2.05) is 30.3 Å².